The number of fused-ring (bicyclic) bond motifs is 1. The molecule has 0 spiro atoms. The van der Waals surface area contributed by atoms with Gasteiger partial charge in [-0.3, -0.25) is 4.90 Å². The summed E-state index contributed by atoms with van der Waals surface area (Å²) in [6.45, 7) is 8.29. The average molecular weight is 443 g/mol. The number of imidazole rings is 1. The molecule has 166 valence electrons. The van der Waals surface area contributed by atoms with Gasteiger partial charge in [-0.15, -0.1) is 0 Å². The Morgan fingerprint density at radius 1 is 1.06 bits per heavy atom. The molecule has 31 heavy (non-hydrogen) atoms. The highest BCUT2D eigenvalue weighted by atomic mass is 32.2. The number of nitrogens with one attached hydrogen (secondary N) is 1. The number of sulfonamides is 1. The topological polar surface area (TPSA) is 82.8 Å². The highest BCUT2D eigenvalue weighted by Crippen LogP contribution is 2.18. The average Bonchev–Trinajstić information content (AvgIpc) is 3.20. The standard InChI is InChI=1S/C22H30N6O2S/c1-3-18(4-2)25-31(29,30)20-8-9-21(23-15-20)27-13-11-26(12-14-27)16-19-17-28-10-6-5-7-22(28)24-19/h5-10,15,17-18,25H,3-4,11-14,16H2,1-2H3. The van der Waals surface area contributed by atoms with Crippen LogP contribution in [0.1, 0.15) is 32.4 Å². The number of nitrogens with zero attached hydrogens (tertiary/aromatic N) is 5. The molecular formula is C22H30N6O2S. The van der Waals surface area contributed by atoms with Crippen molar-refractivity contribution in [2.24, 2.45) is 0 Å². The smallest absolute Gasteiger partial charge is 0.242 e. The van der Waals surface area contributed by atoms with E-state index >= 15 is 0 Å². The minimum atomic E-state index is -3.53. The van der Waals surface area contributed by atoms with E-state index in [4.69, 9.17) is 0 Å². The summed E-state index contributed by atoms with van der Waals surface area (Å²) in [5.41, 5.74) is 2.03. The van der Waals surface area contributed by atoms with Crippen molar-refractivity contribution in [1.29, 1.82) is 0 Å². The largest absolute Gasteiger partial charge is 0.354 e. The zero-order valence-electron chi connectivity index (χ0n) is 18.1. The second-order valence-electron chi connectivity index (χ2n) is 7.95. The van der Waals surface area contributed by atoms with Crippen molar-refractivity contribution in [3.63, 3.8) is 0 Å². The predicted molar refractivity (Wildman–Crippen MR) is 122 cm³/mol. The Balaban J connectivity index is 1.34. The molecule has 3 aromatic rings. The second kappa shape index (κ2) is 9.33. The van der Waals surface area contributed by atoms with E-state index in [1.54, 1.807) is 12.1 Å². The van der Waals surface area contributed by atoms with E-state index in [0.717, 1.165) is 62.7 Å². The molecule has 1 N–H and O–H groups in total. The first-order chi connectivity index (χ1) is 15.0. The second-order valence-corrected chi connectivity index (χ2v) is 9.66. The van der Waals surface area contributed by atoms with Crippen molar-refractivity contribution in [1.82, 2.24) is 24.0 Å². The first-order valence-corrected chi connectivity index (χ1v) is 12.3. The fourth-order valence-corrected chi connectivity index (χ4v) is 5.24. The van der Waals surface area contributed by atoms with Gasteiger partial charge in [0.2, 0.25) is 10.0 Å². The fourth-order valence-electron chi connectivity index (χ4n) is 3.89. The van der Waals surface area contributed by atoms with Crippen molar-refractivity contribution >= 4 is 21.5 Å². The van der Waals surface area contributed by atoms with Crippen LogP contribution in [-0.2, 0) is 16.6 Å². The van der Waals surface area contributed by atoms with E-state index < -0.39 is 10.0 Å². The van der Waals surface area contributed by atoms with Gasteiger partial charge in [0, 0.05) is 57.4 Å². The third kappa shape index (κ3) is 5.06. The lowest BCUT2D eigenvalue weighted by molar-refractivity contribution is 0.247. The summed E-state index contributed by atoms with van der Waals surface area (Å²) in [5, 5.41) is 0. The van der Waals surface area contributed by atoms with E-state index in [2.05, 4.69) is 30.7 Å². The predicted octanol–water partition coefficient (Wildman–Crippen LogP) is 2.52. The lowest BCUT2D eigenvalue weighted by Gasteiger charge is -2.35. The van der Waals surface area contributed by atoms with Gasteiger partial charge in [-0.1, -0.05) is 19.9 Å². The van der Waals surface area contributed by atoms with E-state index in [9.17, 15) is 8.42 Å². The molecule has 1 saturated heterocycles. The molecule has 1 aliphatic heterocycles. The van der Waals surface area contributed by atoms with Crippen LogP contribution in [0.4, 0.5) is 5.82 Å². The van der Waals surface area contributed by atoms with E-state index in [1.807, 2.05) is 42.6 Å². The number of piperazine rings is 1. The van der Waals surface area contributed by atoms with Crippen LogP contribution in [-0.4, -0.2) is 59.9 Å². The molecule has 0 bridgehead atoms. The van der Waals surface area contributed by atoms with Crippen molar-refractivity contribution in [3.8, 4) is 0 Å². The van der Waals surface area contributed by atoms with Gasteiger partial charge < -0.3 is 9.30 Å². The van der Waals surface area contributed by atoms with Crippen LogP contribution >= 0.6 is 0 Å². The summed E-state index contributed by atoms with van der Waals surface area (Å²) in [7, 11) is -3.53. The molecule has 4 rings (SSSR count). The molecule has 0 radical (unpaired) electrons. The summed E-state index contributed by atoms with van der Waals surface area (Å²) in [6, 6.07) is 9.41. The maximum absolute atomic E-state index is 12.6. The Hall–Kier alpha value is -2.49. The van der Waals surface area contributed by atoms with Crippen molar-refractivity contribution < 1.29 is 8.42 Å². The molecule has 0 amide bonds. The molecule has 0 aliphatic carbocycles. The van der Waals surface area contributed by atoms with Crippen LogP contribution in [0.15, 0.2) is 53.8 Å². The van der Waals surface area contributed by atoms with Crippen molar-refractivity contribution in [2.45, 2.75) is 44.2 Å². The Morgan fingerprint density at radius 3 is 2.48 bits per heavy atom. The minimum Gasteiger partial charge on any atom is -0.354 e. The Kier molecular flexibility index (Phi) is 6.54. The van der Waals surface area contributed by atoms with Crippen LogP contribution < -0.4 is 9.62 Å². The number of hydrogen-bond acceptors (Lipinski definition) is 6. The molecular weight excluding hydrogens is 412 g/mol. The number of hydrogen-bond donors (Lipinski definition) is 1. The van der Waals surface area contributed by atoms with E-state index in [-0.39, 0.29) is 10.9 Å². The van der Waals surface area contributed by atoms with Gasteiger partial charge in [-0.2, -0.15) is 0 Å². The lowest BCUT2D eigenvalue weighted by atomic mass is 10.2. The first kappa shape index (κ1) is 21.7. The molecule has 1 aliphatic rings. The van der Waals surface area contributed by atoms with Gasteiger partial charge in [0.1, 0.15) is 16.4 Å². The van der Waals surface area contributed by atoms with Crippen LogP contribution in [0.5, 0.6) is 0 Å². The van der Waals surface area contributed by atoms with Gasteiger partial charge in [0.05, 0.1) is 5.69 Å². The summed E-state index contributed by atoms with van der Waals surface area (Å²) in [6.07, 6.45) is 7.08. The molecule has 0 aromatic carbocycles. The van der Waals surface area contributed by atoms with Crippen LogP contribution in [0.2, 0.25) is 0 Å². The molecule has 8 nitrogen and oxygen atoms in total. The molecule has 0 unspecified atom stereocenters. The minimum absolute atomic E-state index is 0.0503. The Morgan fingerprint density at radius 2 is 1.84 bits per heavy atom. The number of pyridine rings is 2. The fraction of sp³-hybridized carbons (Fsp3) is 0.455. The van der Waals surface area contributed by atoms with Gasteiger partial charge in [-0.05, 0) is 37.1 Å². The van der Waals surface area contributed by atoms with Gasteiger partial charge >= 0.3 is 0 Å². The molecule has 3 aromatic heterocycles. The monoisotopic (exact) mass is 442 g/mol. The highest BCUT2D eigenvalue weighted by molar-refractivity contribution is 7.89. The number of aromatic nitrogens is 3. The molecule has 1 fully saturated rings. The van der Waals surface area contributed by atoms with Crippen molar-refractivity contribution in [3.05, 3.63) is 54.6 Å². The third-order valence-electron chi connectivity index (χ3n) is 5.83. The summed E-state index contributed by atoms with van der Waals surface area (Å²) in [4.78, 5) is 13.9. The Labute approximate surface area is 184 Å². The lowest BCUT2D eigenvalue weighted by Crippen LogP contribution is -2.46. The molecule has 4 heterocycles. The Bertz CT molecular complexity index is 1070. The molecule has 0 saturated carbocycles. The number of anilines is 1. The zero-order chi connectivity index (χ0) is 21.8. The summed E-state index contributed by atoms with van der Waals surface area (Å²) in [5.74, 6) is 0.814. The van der Waals surface area contributed by atoms with Gasteiger partial charge in [0.15, 0.2) is 0 Å². The van der Waals surface area contributed by atoms with E-state index in [0.29, 0.717) is 0 Å². The number of rotatable bonds is 8. The molecule has 0 atom stereocenters. The maximum Gasteiger partial charge on any atom is 0.242 e. The van der Waals surface area contributed by atoms with Gasteiger partial charge in [0.25, 0.3) is 0 Å². The highest BCUT2D eigenvalue weighted by Gasteiger charge is 2.21. The first-order valence-electron chi connectivity index (χ1n) is 10.9. The van der Waals surface area contributed by atoms with Crippen LogP contribution in [0, 0.1) is 0 Å². The van der Waals surface area contributed by atoms with Crippen molar-refractivity contribution in [2.75, 3.05) is 31.1 Å². The maximum atomic E-state index is 12.6. The van der Waals surface area contributed by atoms with Crippen LogP contribution in [0.25, 0.3) is 5.65 Å². The zero-order valence-corrected chi connectivity index (χ0v) is 18.9. The normalized spacial score (nSPS) is 15.8. The van der Waals surface area contributed by atoms with Crippen LogP contribution in [0.3, 0.4) is 0 Å². The summed E-state index contributed by atoms with van der Waals surface area (Å²) >= 11 is 0. The van der Waals surface area contributed by atoms with E-state index in [1.165, 1.54) is 6.20 Å². The SMILES string of the molecule is CCC(CC)NS(=O)(=O)c1ccc(N2CCN(Cc3cn4ccccc4n3)CC2)nc1. The quantitative estimate of drug-likeness (QED) is 0.577. The van der Waals surface area contributed by atoms with Gasteiger partial charge in [-0.25, -0.2) is 23.1 Å². The third-order valence-corrected chi connectivity index (χ3v) is 7.34. The summed E-state index contributed by atoms with van der Waals surface area (Å²) < 4.78 is 29.9. The molecule has 9 heteroatoms.